The van der Waals surface area contributed by atoms with Crippen LogP contribution in [0.4, 0.5) is 5.13 Å². The Hall–Kier alpha value is -2.17. The lowest BCUT2D eigenvalue weighted by Crippen LogP contribution is -2.24. The predicted octanol–water partition coefficient (Wildman–Crippen LogP) is 2.98. The summed E-state index contributed by atoms with van der Waals surface area (Å²) in [5.41, 5.74) is 1.93. The van der Waals surface area contributed by atoms with E-state index < -0.39 is 0 Å². The van der Waals surface area contributed by atoms with Crippen molar-refractivity contribution in [2.45, 2.75) is 32.2 Å². The van der Waals surface area contributed by atoms with Crippen LogP contribution in [0.5, 0.6) is 0 Å². The number of carbonyl (C=O) groups is 1. The van der Waals surface area contributed by atoms with Crippen LogP contribution < -0.4 is 5.32 Å². The Morgan fingerprint density at radius 3 is 2.79 bits per heavy atom. The number of amides is 1. The molecule has 0 unspecified atom stereocenters. The molecule has 1 fully saturated rings. The average Bonchev–Trinajstić information content (AvgIpc) is 3.06. The van der Waals surface area contributed by atoms with E-state index in [1.165, 1.54) is 37.0 Å². The van der Waals surface area contributed by atoms with Crippen LogP contribution in [0.25, 0.3) is 0 Å². The summed E-state index contributed by atoms with van der Waals surface area (Å²) in [6.45, 7) is 3.09. The van der Waals surface area contributed by atoms with Crippen molar-refractivity contribution in [2.75, 3.05) is 18.4 Å². The van der Waals surface area contributed by atoms with Crippen molar-refractivity contribution in [3.05, 3.63) is 34.6 Å². The van der Waals surface area contributed by atoms with Gasteiger partial charge in [0.15, 0.2) is 5.13 Å². The zero-order chi connectivity index (χ0) is 16.9. The lowest BCUT2D eigenvalue weighted by atomic mass is 10.2. The van der Waals surface area contributed by atoms with Gasteiger partial charge in [-0.25, -0.2) is 4.98 Å². The summed E-state index contributed by atoms with van der Waals surface area (Å²) in [6, 6.07) is 3.63. The highest BCUT2D eigenvalue weighted by molar-refractivity contribution is 7.13. The molecule has 0 bridgehead atoms. The van der Waals surface area contributed by atoms with Crippen molar-refractivity contribution < 1.29 is 4.79 Å². The molecule has 1 N–H and O–H groups in total. The summed E-state index contributed by atoms with van der Waals surface area (Å²) >= 11 is 1.44. The summed E-state index contributed by atoms with van der Waals surface area (Å²) in [7, 11) is 1.75. The van der Waals surface area contributed by atoms with Gasteiger partial charge in [-0.2, -0.15) is 5.26 Å². The first-order chi connectivity index (χ1) is 11.7. The number of nitrogens with one attached hydrogen (secondary N) is 1. The molecule has 0 spiro atoms. The Morgan fingerprint density at radius 1 is 1.38 bits per heavy atom. The van der Waals surface area contributed by atoms with E-state index in [0.29, 0.717) is 16.4 Å². The van der Waals surface area contributed by atoms with E-state index in [2.05, 4.69) is 15.2 Å². The SMILES string of the molecule is Cn1cc(C#N)cc1C(=O)Nc1nc(CN2CCCCCC2)cs1. The second kappa shape index (κ2) is 7.60. The van der Waals surface area contributed by atoms with Gasteiger partial charge < -0.3 is 4.57 Å². The molecule has 1 saturated heterocycles. The third-order valence-electron chi connectivity index (χ3n) is 4.22. The normalized spacial score (nSPS) is 15.7. The molecule has 2 aromatic rings. The van der Waals surface area contributed by atoms with E-state index in [4.69, 9.17) is 5.26 Å². The predicted molar refractivity (Wildman–Crippen MR) is 93.9 cm³/mol. The van der Waals surface area contributed by atoms with Crippen LogP contribution in [0.1, 0.15) is 47.4 Å². The monoisotopic (exact) mass is 343 g/mol. The highest BCUT2D eigenvalue weighted by Gasteiger charge is 2.15. The number of aromatic nitrogens is 2. The molecule has 0 aliphatic carbocycles. The largest absolute Gasteiger partial charge is 0.345 e. The molecule has 0 atom stereocenters. The van der Waals surface area contributed by atoms with Gasteiger partial charge in [-0.3, -0.25) is 15.0 Å². The van der Waals surface area contributed by atoms with Crippen molar-refractivity contribution in [1.29, 1.82) is 5.26 Å². The molecule has 0 saturated carbocycles. The van der Waals surface area contributed by atoms with Crippen LogP contribution >= 0.6 is 11.3 Å². The van der Waals surface area contributed by atoms with Gasteiger partial charge in [0.25, 0.3) is 5.91 Å². The number of carbonyl (C=O) groups excluding carboxylic acids is 1. The molecule has 24 heavy (non-hydrogen) atoms. The number of thiazole rings is 1. The van der Waals surface area contributed by atoms with Crippen LogP contribution in [0.2, 0.25) is 0 Å². The molecule has 2 aromatic heterocycles. The summed E-state index contributed by atoms with van der Waals surface area (Å²) in [5, 5.41) is 14.3. The number of hydrogen-bond donors (Lipinski definition) is 1. The van der Waals surface area contributed by atoms with E-state index >= 15 is 0 Å². The van der Waals surface area contributed by atoms with Gasteiger partial charge in [0.2, 0.25) is 0 Å². The molecular formula is C17H21N5OS. The number of anilines is 1. The highest BCUT2D eigenvalue weighted by atomic mass is 32.1. The molecule has 126 valence electrons. The van der Waals surface area contributed by atoms with Crippen LogP contribution in [0.15, 0.2) is 17.6 Å². The summed E-state index contributed by atoms with van der Waals surface area (Å²) in [4.78, 5) is 19.3. The third kappa shape index (κ3) is 4.02. The van der Waals surface area contributed by atoms with E-state index in [1.54, 1.807) is 23.9 Å². The zero-order valence-electron chi connectivity index (χ0n) is 13.8. The first-order valence-corrected chi connectivity index (χ1v) is 9.08. The fourth-order valence-corrected chi connectivity index (χ4v) is 3.67. The number of nitrogens with zero attached hydrogens (tertiary/aromatic N) is 4. The number of rotatable bonds is 4. The average molecular weight is 343 g/mol. The maximum Gasteiger partial charge on any atom is 0.274 e. The number of likely N-dealkylation sites (tertiary alicyclic amines) is 1. The van der Waals surface area contributed by atoms with Gasteiger partial charge in [-0.1, -0.05) is 12.8 Å². The van der Waals surface area contributed by atoms with E-state index in [-0.39, 0.29) is 5.91 Å². The van der Waals surface area contributed by atoms with Crippen LogP contribution in [0, 0.1) is 11.3 Å². The summed E-state index contributed by atoms with van der Waals surface area (Å²) in [6.07, 6.45) is 6.78. The molecule has 3 rings (SSSR count). The molecule has 6 nitrogen and oxygen atoms in total. The first kappa shape index (κ1) is 16.7. The number of aryl methyl sites for hydroxylation is 1. The van der Waals surface area contributed by atoms with Gasteiger partial charge in [-0.15, -0.1) is 11.3 Å². The van der Waals surface area contributed by atoms with Crippen molar-refractivity contribution >= 4 is 22.4 Å². The lowest BCUT2D eigenvalue weighted by molar-refractivity contribution is 0.101. The van der Waals surface area contributed by atoms with Crippen molar-refractivity contribution in [2.24, 2.45) is 7.05 Å². The molecule has 0 aromatic carbocycles. The maximum atomic E-state index is 12.3. The van der Waals surface area contributed by atoms with Gasteiger partial charge in [0, 0.05) is 25.2 Å². The standard InChI is InChI=1S/C17H21N5OS/c1-21-10-13(9-18)8-15(21)16(23)20-17-19-14(12-24-17)11-22-6-4-2-3-5-7-22/h8,10,12H,2-7,11H2,1H3,(H,19,20,23). The van der Waals surface area contributed by atoms with E-state index in [0.717, 1.165) is 25.3 Å². The Morgan fingerprint density at radius 2 is 2.12 bits per heavy atom. The lowest BCUT2D eigenvalue weighted by Gasteiger charge is -2.17. The fraction of sp³-hybridized carbons (Fsp3) is 0.471. The van der Waals surface area contributed by atoms with Crippen molar-refractivity contribution in [1.82, 2.24) is 14.5 Å². The Balaban J connectivity index is 1.62. The molecule has 0 radical (unpaired) electrons. The Kier molecular flexibility index (Phi) is 5.28. The van der Waals surface area contributed by atoms with Gasteiger partial charge in [-0.05, 0) is 32.0 Å². The molecule has 1 aliphatic rings. The van der Waals surface area contributed by atoms with Crippen LogP contribution in [-0.2, 0) is 13.6 Å². The molecule has 3 heterocycles. The minimum absolute atomic E-state index is 0.241. The topological polar surface area (TPSA) is 74.0 Å². The van der Waals surface area contributed by atoms with E-state index in [1.807, 2.05) is 11.4 Å². The second-order valence-corrected chi connectivity index (χ2v) is 6.98. The summed E-state index contributed by atoms with van der Waals surface area (Å²) < 4.78 is 1.65. The molecule has 1 amide bonds. The van der Waals surface area contributed by atoms with Gasteiger partial charge >= 0.3 is 0 Å². The highest BCUT2D eigenvalue weighted by Crippen LogP contribution is 2.19. The van der Waals surface area contributed by atoms with Crippen LogP contribution in [0.3, 0.4) is 0 Å². The fourth-order valence-electron chi connectivity index (χ4n) is 2.97. The second-order valence-electron chi connectivity index (χ2n) is 6.13. The van der Waals surface area contributed by atoms with Crippen LogP contribution in [-0.4, -0.2) is 33.4 Å². The minimum Gasteiger partial charge on any atom is -0.345 e. The zero-order valence-corrected chi connectivity index (χ0v) is 14.6. The van der Waals surface area contributed by atoms with Gasteiger partial charge in [0.1, 0.15) is 11.8 Å². The maximum absolute atomic E-state index is 12.3. The third-order valence-corrected chi connectivity index (χ3v) is 5.03. The number of nitriles is 1. The molecular weight excluding hydrogens is 322 g/mol. The van der Waals surface area contributed by atoms with Crippen molar-refractivity contribution in [3.8, 4) is 6.07 Å². The first-order valence-electron chi connectivity index (χ1n) is 8.20. The van der Waals surface area contributed by atoms with E-state index in [9.17, 15) is 4.79 Å². The Labute approximate surface area is 145 Å². The number of hydrogen-bond acceptors (Lipinski definition) is 5. The van der Waals surface area contributed by atoms with Gasteiger partial charge in [0.05, 0.1) is 11.3 Å². The molecule has 1 aliphatic heterocycles. The quantitative estimate of drug-likeness (QED) is 0.926. The molecule has 7 heteroatoms. The minimum atomic E-state index is -0.241. The van der Waals surface area contributed by atoms with Crippen molar-refractivity contribution in [3.63, 3.8) is 0 Å². The Bertz CT molecular complexity index is 749. The summed E-state index contributed by atoms with van der Waals surface area (Å²) in [5.74, 6) is -0.241. The smallest absolute Gasteiger partial charge is 0.274 e.